The maximum atomic E-state index is 12.0. The quantitative estimate of drug-likeness (QED) is 0.615. The summed E-state index contributed by atoms with van der Waals surface area (Å²) in [6.07, 6.45) is 2.13. The van der Waals surface area contributed by atoms with E-state index in [0.717, 1.165) is 12.8 Å². The van der Waals surface area contributed by atoms with Crippen molar-refractivity contribution in [1.82, 2.24) is 10.6 Å². The molecule has 0 spiro atoms. The number of aliphatic imine (C=N–C) groups is 1. The van der Waals surface area contributed by atoms with Crippen molar-refractivity contribution in [3.05, 3.63) is 0 Å². The molecular weight excluding hydrogens is 222 g/mol. The van der Waals surface area contributed by atoms with Gasteiger partial charge in [-0.15, -0.1) is 0 Å². The van der Waals surface area contributed by atoms with Gasteiger partial charge in [-0.1, -0.05) is 0 Å². The molecule has 1 saturated carbocycles. The standard InChI is InChI=1S/C11H19N3O3/c1-16-6-5-12-10-13-9(15)11(14-10,7-17-2)8-3-4-8/h8H,3-7H2,1-2H3,(H2,12,13,14,15). The molecular formula is C11H19N3O3. The van der Waals surface area contributed by atoms with Crippen LogP contribution in [-0.4, -0.2) is 51.4 Å². The van der Waals surface area contributed by atoms with Crippen molar-refractivity contribution in [2.75, 3.05) is 34.0 Å². The second kappa shape index (κ2) is 5.01. The van der Waals surface area contributed by atoms with Crippen molar-refractivity contribution in [2.45, 2.75) is 18.4 Å². The molecule has 1 saturated heterocycles. The Morgan fingerprint density at radius 2 is 2.18 bits per heavy atom. The molecule has 1 atom stereocenters. The summed E-state index contributed by atoms with van der Waals surface area (Å²) in [5, 5.41) is 5.96. The molecule has 0 aromatic heterocycles. The van der Waals surface area contributed by atoms with E-state index in [1.165, 1.54) is 0 Å². The van der Waals surface area contributed by atoms with Crippen LogP contribution in [0.5, 0.6) is 0 Å². The average molecular weight is 241 g/mol. The molecule has 0 aromatic carbocycles. The zero-order valence-corrected chi connectivity index (χ0v) is 10.3. The minimum atomic E-state index is -0.610. The third kappa shape index (κ3) is 2.42. The maximum Gasteiger partial charge on any atom is 0.255 e. The lowest BCUT2D eigenvalue weighted by molar-refractivity contribution is -0.126. The van der Waals surface area contributed by atoms with Crippen LogP contribution in [0.15, 0.2) is 4.99 Å². The SMILES string of the molecule is COCCN=C1NC(=O)C(COC)(C2CC2)N1. The van der Waals surface area contributed by atoms with Gasteiger partial charge < -0.3 is 14.8 Å². The molecule has 0 radical (unpaired) electrons. The summed E-state index contributed by atoms with van der Waals surface area (Å²) in [6.45, 7) is 1.46. The Labute approximate surface area is 101 Å². The number of rotatable bonds is 6. The van der Waals surface area contributed by atoms with Crippen molar-refractivity contribution in [1.29, 1.82) is 0 Å². The second-order valence-corrected chi connectivity index (χ2v) is 4.48. The van der Waals surface area contributed by atoms with Crippen LogP contribution in [0.3, 0.4) is 0 Å². The van der Waals surface area contributed by atoms with Crippen LogP contribution in [0.25, 0.3) is 0 Å². The summed E-state index contributed by atoms with van der Waals surface area (Å²) >= 11 is 0. The Morgan fingerprint density at radius 3 is 2.76 bits per heavy atom. The van der Waals surface area contributed by atoms with Gasteiger partial charge in [0.2, 0.25) is 0 Å². The minimum Gasteiger partial charge on any atom is -0.383 e. The molecule has 1 unspecified atom stereocenters. The van der Waals surface area contributed by atoms with E-state index in [0.29, 0.717) is 31.6 Å². The highest BCUT2D eigenvalue weighted by Gasteiger charge is 2.55. The van der Waals surface area contributed by atoms with Gasteiger partial charge in [-0.2, -0.15) is 0 Å². The molecule has 17 heavy (non-hydrogen) atoms. The number of hydrogen-bond donors (Lipinski definition) is 2. The van der Waals surface area contributed by atoms with Gasteiger partial charge in [-0.25, -0.2) is 0 Å². The van der Waals surface area contributed by atoms with Gasteiger partial charge >= 0.3 is 0 Å². The number of amides is 1. The van der Waals surface area contributed by atoms with Crippen LogP contribution < -0.4 is 10.6 Å². The molecule has 2 fully saturated rings. The predicted molar refractivity (Wildman–Crippen MR) is 62.8 cm³/mol. The smallest absolute Gasteiger partial charge is 0.255 e. The maximum absolute atomic E-state index is 12.0. The number of guanidine groups is 1. The van der Waals surface area contributed by atoms with Crippen molar-refractivity contribution in [3.8, 4) is 0 Å². The molecule has 96 valence electrons. The fraction of sp³-hybridized carbons (Fsp3) is 0.818. The summed E-state index contributed by atoms with van der Waals surface area (Å²) in [7, 11) is 3.24. The van der Waals surface area contributed by atoms with E-state index in [4.69, 9.17) is 9.47 Å². The summed E-state index contributed by atoms with van der Waals surface area (Å²) in [6, 6.07) is 0. The first kappa shape index (κ1) is 12.3. The van der Waals surface area contributed by atoms with Gasteiger partial charge in [0.1, 0.15) is 5.54 Å². The molecule has 1 aliphatic heterocycles. The first-order chi connectivity index (χ1) is 8.23. The van der Waals surface area contributed by atoms with Crippen molar-refractivity contribution in [2.24, 2.45) is 10.9 Å². The average Bonchev–Trinajstić information content (AvgIpc) is 3.08. The van der Waals surface area contributed by atoms with Crippen LogP contribution in [0.4, 0.5) is 0 Å². The fourth-order valence-corrected chi connectivity index (χ4v) is 2.16. The molecule has 2 rings (SSSR count). The van der Waals surface area contributed by atoms with Gasteiger partial charge in [0.25, 0.3) is 5.91 Å². The van der Waals surface area contributed by atoms with E-state index < -0.39 is 5.54 Å². The molecule has 6 heteroatoms. The number of methoxy groups -OCH3 is 2. The molecule has 6 nitrogen and oxygen atoms in total. The fourth-order valence-electron chi connectivity index (χ4n) is 2.16. The number of nitrogens with zero attached hydrogens (tertiary/aromatic N) is 1. The van der Waals surface area contributed by atoms with Gasteiger partial charge in [-0.3, -0.25) is 15.1 Å². The van der Waals surface area contributed by atoms with Crippen molar-refractivity contribution in [3.63, 3.8) is 0 Å². The number of ether oxygens (including phenoxy) is 2. The third-order valence-corrected chi connectivity index (χ3v) is 3.19. The highest BCUT2D eigenvalue weighted by molar-refractivity contribution is 6.09. The van der Waals surface area contributed by atoms with Crippen LogP contribution in [0, 0.1) is 5.92 Å². The molecule has 2 N–H and O–H groups in total. The normalized spacial score (nSPS) is 30.5. The largest absolute Gasteiger partial charge is 0.383 e. The zero-order chi connectivity index (χ0) is 12.3. The van der Waals surface area contributed by atoms with E-state index in [2.05, 4.69) is 15.6 Å². The molecule has 1 heterocycles. The van der Waals surface area contributed by atoms with Crippen LogP contribution in [-0.2, 0) is 14.3 Å². The molecule has 1 aliphatic carbocycles. The number of carbonyl (C=O) groups is 1. The molecule has 0 aromatic rings. The van der Waals surface area contributed by atoms with E-state index in [1.807, 2.05) is 0 Å². The van der Waals surface area contributed by atoms with Crippen molar-refractivity contribution < 1.29 is 14.3 Å². The van der Waals surface area contributed by atoms with E-state index in [1.54, 1.807) is 14.2 Å². The number of nitrogens with one attached hydrogen (secondary N) is 2. The van der Waals surface area contributed by atoms with Crippen molar-refractivity contribution >= 4 is 11.9 Å². The topological polar surface area (TPSA) is 72.0 Å². The number of hydrogen-bond acceptors (Lipinski definition) is 4. The lowest BCUT2D eigenvalue weighted by Crippen LogP contribution is -2.52. The molecule has 0 bridgehead atoms. The van der Waals surface area contributed by atoms with E-state index in [-0.39, 0.29) is 5.91 Å². The zero-order valence-electron chi connectivity index (χ0n) is 10.3. The third-order valence-electron chi connectivity index (χ3n) is 3.19. The Morgan fingerprint density at radius 1 is 1.41 bits per heavy atom. The first-order valence-corrected chi connectivity index (χ1v) is 5.85. The van der Waals surface area contributed by atoms with E-state index >= 15 is 0 Å². The summed E-state index contributed by atoms with van der Waals surface area (Å²) in [5.41, 5.74) is -0.610. The van der Waals surface area contributed by atoms with Gasteiger partial charge in [0.05, 0.1) is 19.8 Å². The highest BCUT2D eigenvalue weighted by Crippen LogP contribution is 2.41. The second-order valence-electron chi connectivity index (χ2n) is 4.48. The molecule has 1 amide bonds. The van der Waals surface area contributed by atoms with Gasteiger partial charge in [0.15, 0.2) is 5.96 Å². The summed E-state index contributed by atoms with van der Waals surface area (Å²) < 4.78 is 10.1. The lowest BCUT2D eigenvalue weighted by atomic mass is 9.95. The minimum absolute atomic E-state index is 0.0296. The van der Waals surface area contributed by atoms with Crippen LogP contribution in [0.1, 0.15) is 12.8 Å². The molecule has 2 aliphatic rings. The van der Waals surface area contributed by atoms with Crippen LogP contribution >= 0.6 is 0 Å². The van der Waals surface area contributed by atoms with Gasteiger partial charge in [-0.05, 0) is 18.8 Å². The Hall–Kier alpha value is -1.14. The van der Waals surface area contributed by atoms with Crippen LogP contribution in [0.2, 0.25) is 0 Å². The van der Waals surface area contributed by atoms with Gasteiger partial charge in [0, 0.05) is 14.2 Å². The first-order valence-electron chi connectivity index (χ1n) is 5.85. The lowest BCUT2D eigenvalue weighted by Gasteiger charge is -2.25. The Kier molecular flexibility index (Phi) is 3.63. The number of carbonyl (C=O) groups excluding carboxylic acids is 1. The summed E-state index contributed by atoms with van der Waals surface area (Å²) in [5.74, 6) is 0.867. The van der Waals surface area contributed by atoms with E-state index in [9.17, 15) is 4.79 Å². The predicted octanol–water partition coefficient (Wildman–Crippen LogP) is -0.497. The Bertz CT molecular complexity index is 328. The Balaban J connectivity index is 2.03. The summed E-state index contributed by atoms with van der Waals surface area (Å²) in [4.78, 5) is 16.3. The monoisotopic (exact) mass is 241 g/mol. The highest BCUT2D eigenvalue weighted by atomic mass is 16.5.